The third-order valence-corrected chi connectivity index (χ3v) is 6.81. The van der Waals surface area contributed by atoms with E-state index >= 15 is 0 Å². The van der Waals surface area contributed by atoms with E-state index in [9.17, 15) is 23.4 Å². The molecule has 0 heterocycles. The van der Waals surface area contributed by atoms with E-state index in [-0.39, 0.29) is 11.5 Å². The number of phenolic OH excluding ortho intramolecular Hbond substituents is 1. The third kappa shape index (κ3) is 9.18. The lowest BCUT2D eigenvalue weighted by Gasteiger charge is -2.14. The largest absolute Gasteiger partial charge is 0.508 e. The summed E-state index contributed by atoms with van der Waals surface area (Å²) < 4.78 is 32.9. The van der Waals surface area contributed by atoms with Crippen LogP contribution in [-0.2, 0) is 34.2 Å². The maximum Gasteiger partial charge on any atom is 0.316 e. The molecule has 0 radical (unpaired) electrons. The summed E-state index contributed by atoms with van der Waals surface area (Å²) in [4.78, 5) is 11.8. The summed E-state index contributed by atoms with van der Waals surface area (Å²) in [6.07, 6.45) is 2.62. The molecule has 0 aliphatic carbocycles. The fourth-order valence-corrected chi connectivity index (χ4v) is 4.97. The molecule has 1 unspecified atom stereocenters. The standard InChI is InChI=1S/C26H28O7S2/c1-35(30,31)33-23-11-9-22(10-12-23)32-15-13-19-5-4-6-20(17-19)18-25(26(28)29)34-16-14-21-7-2-3-8-24(21)27/h2-12,17,25,27H,13-16,18H2,1H3,(H,28,29). The Morgan fingerprint density at radius 2 is 1.63 bits per heavy atom. The van der Waals surface area contributed by atoms with E-state index in [1.807, 2.05) is 36.4 Å². The van der Waals surface area contributed by atoms with Crippen LogP contribution in [0, 0.1) is 0 Å². The van der Waals surface area contributed by atoms with Crippen LogP contribution >= 0.6 is 11.8 Å². The molecular formula is C26H28O7S2. The van der Waals surface area contributed by atoms with Crippen molar-refractivity contribution < 1.29 is 32.3 Å². The van der Waals surface area contributed by atoms with Crippen LogP contribution in [0.2, 0.25) is 0 Å². The van der Waals surface area contributed by atoms with Gasteiger partial charge in [-0.25, -0.2) is 0 Å². The number of aromatic hydroxyl groups is 1. The average Bonchev–Trinajstić information content (AvgIpc) is 2.80. The van der Waals surface area contributed by atoms with E-state index in [1.165, 1.54) is 23.9 Å². The fourth-order valence-electron chi connectivity index (χ4n) is 3.43. The molecule has 0 aromatic heterocycles. The van der Waals surface area contributed by atoms with E-state index in [1.54, 1.807) is 24.3 Å². The summed E-state index contributed by atoms with van der Waals surface area (Å²) >= 11 is 1.37. The maximum atomic E-state index is 11.8. The van der Waals surface area contributed by atoms with Gasteiger partial charge < -0.3 is 19.1 Å². The lowest BCUT2D eigenvalue weighted by Crippen LogP contribution is -2.20. The smallest absolute Gasteiger partial charge is 0.316 e. The van der Waals surface area contributed by atoms with Crippen molar-refractivity contribution in [1.29, 1.82) is 0 Å². The van der Waals surface area contributed by atoms with Crippen molar-refractivity contribution in [3.05, 3.63) is 89.5 Å². The zero-order valence-corrected chi connectivity index (χ0v) is 20.9. The van der Waals surface area contributed by atoms with Crippen LogP contribution in [0.3, 0.4) is 0 Å². The first kappa shape index (κ1) is 26.4. The highest BCUT2D eigenvalue weighted by Crippen LogP contribution is 2.23. The number of carboxylic acids is 1. The van der Waals surface area contributed by atoms with Gasteiger partial charge in [-0.2, -0.15) is 8.42 Å². The average molecular weight is 517 g/mol. The Morgan fingerprint density at radius 1 is 0.943 bits per heavy atom. The molecule has 1 atom stereocenters. The normalized spacial score (nSPS) is 12.1. The Labute approximate surface area is 209 Å². The molecule has 9 heteroatoms. The fraction of sp³-hybridized carbons (Fsp3) is 0.269. The molecule has 3 rings (SSSR count). The monoisotopic (exact) mass is 516 g/mol. The van der Waals surface area contributed by atoms with Gasteiger partial charge in [0.15, 0.2) is 0 Å². The topological polar surface area (TPSA) is 110 Å². The zero-order valence-electron chi connectivity index (χ0n) is 19.3. The number of thioether (sulfide) groups is 1. The maximum absolute atomic E-state index is 11.8. The molecule has 0 aliphatic heterocycles. The minimum absolute atomic E-state index is 0.221. The van der Waals surface area contributed by atoms with Gasteiger partial charge in [-0.3, -0.25) is 4.79 Å². The summed E-state index contributed by atoms with van der Waals surface area (Å²) in [6.45, 7) is 0.410. The number of carboxylic acid groups (broad SMARTS) is 1. The number of hydrogen-bond acceptors (Lipinski definition) is 7. The van der Waals surface area contributed by atoms with Gasteiger partial charge in [0.2, 0.25) is 0 Å². The van der Waals surface area contributed by atoms with E-state index < -0.39 is 21.3 Å². The number of carbonyl (C=O) groups is 1. The number of para-hydroxylation sites is 1. The molecule has 0 spiro atoms. The number of benzene rings is 3. The van der Waals surface area contributed by atoms with E-state index in [0.29, 0.717) is 37.4 Å². The molecular weight excluding hydrogens is 488 g/mol. The Morgan fingerprint density at radius 3 is 2.31 bits per heavy atom. The van der Waals surface area contributed by atoms with Crippen molar-refractivity contribution in [3.63, 3.8) is 0 Å². The Hall–Kier alpha value is -3.17. The van der Waals surface area contributed by atoms with Gasteiger partial charge in [-0.1, -0.05) is 42.5 Å². The molecule has 35 heavy (non-hydrogen) atoms. The second-order valence-electron chi connectivity index (χ2n) is 7.96. The minimum atomic E-state index is -3.57. The molecule has 0 amide bonds. The summed E-state index contributed by atoms with van der Waals surface area (Å²) in [7, 11) is -3.57. The summed E-state index contributed by atoms with van der Waals surface area (Å²) in [5, 5.41) is 19.0. The predicted octanol–water partition coefficient (Wildman–Crippen LogP) is 4.32. The molecule has 0 saturated heterocycles. The quantitative estimate of drug-likeness (QED) is 0.323. The molecule has 3 aromatic carbocycles. The van der Waals surface area contributed by atoms with Crippen molar-refractivity contribution in [2.75, 3.05) is 18.6 Å². The van der Waals surface area contributed by atoms with Crippen LogP contribution in [0.5, 0.6) is 17.2 Å². The van der Waals surface area contributed by atoms with Gasteiger partial charge in [0.05, 0.1) is 12.9 Å². The van der Waals surface area contributed by atoms with Crippen molar-refractivity contribution in [3.8, 4) is 17.2 Å². The van der Waals surface area contributed by atoms with Crippen LogP contribution in [0.25, 0.3) is 0 Å². The molecule has 0 fully saturated rings. The number of phenols is 1. The summed E-state index contributed by atoms with van der Waals surface area (Å²) in [5.41, 5.74) is 2.78. The number of hydrogen-bond donors (Lipinski definition) is 2. The number of ether oxygens (including phenoxy) is 1. The molecule has 2 N–H and O–H groups in total. The Balaban J connectivity index is 1.49. The van der Waals surface area contributed by atoms with Crippen molar-refractivity contribution >= 4 is 27.8 Å². The Bertz CT molecular complexity index is 1220. The highest BCUT2D eigenvalue weighted by atomic mass is 32.2. The molecule has 186 valence electrons. The van der Waals surface area contributed by atoms with E-state index in [0.717, 1.165) is 22.9 Å². The third-order valence-electron chi connectivity index (χ3n) is 5.10. The summed E-state index contributed by atoms with van der Waals surface area (Å²) in [5.74, 6) is 0.779. The minimum Gasteiger partial charge on any atom is -0.508 e. The van der Waals surface area contributed by atoms with Gasteiger partial charge in [0.25, 0.3) is 0 Å². The molecule has 0 saturated carbocycles. The molecule has 0 aliphatic rings. The van der Waals surface area contributed by atoms with Gasteiger partial charge >= 0.3 is 16.1 Å². The van der Waals surface area contributed by atoms with Crippen LogP contribution in [-0.4, -0.2) is 48.5 Å². The predicted molar refractivity (Wildman–Crippen MR) is 137 cm³/mol. The number of rotatable bonds is 13. The number of aliphatic carboxylic acids is 1. The SMILES string of the molecule is CS(=O)(=O)Oc1ccc(OCCc2cccc(CC(SCCc3ccccc3O)C(=O)O)c2)cc1. The van der Waals surface area contributed by atoms with Crippen molar-refractivity contribution in [2.45, 2.75) is 24.5 Å². The number of aryl methyl sites for hydroxylation is 1. The summed E-state index contributed by atoms with van der Waals surface area (Å²) in [6, 6.07) is 21.2. The van der Waals surface area contributed by atoms with Crippen LogP contribution in [0.15, 0.2) is 72.8 Å². The van der Waals surface area contributed by atoms with Crippen LogP contribution < -0.4 is 8.92 Å². The first-order valence-electron chi connectivity index (χ1n) is 11.0. The second-order valence-corrected chi connectivity index (χ2v) is 10.8. The van der Waals surface area contributed by atoms with E-state index in [4.69, 9.17) is 8.92 Å². The van der Waals surface area contributed by atoms with Crippen molar-refractivity contribution in [1.82, 2.24) is 0 Å². The molecule has 3 aromatic rings. The van der Waals surface area contributed by atoms with Crippen molar-refractivity contribution in [2.24, 2.45) is 0 Å². The lowest BCUT2D eigenvalue weighted by atomic mass is 10.0. The van der Waals surface area contributed by atoms with E-state index in [2.05, 4.69) is 0 Å². The van der Waals surface area contributed by atoms with Crippen LogP contribution in [0.4, 0.5) is 0 Å². The lowest BCUT2D eigenvalue weighted by molar-refractivity contribution is -0.136. The first-order chi connectivity index (χ1) is 16.7. The molecule has 7 nitrogen and oxygen atoms in total. The second kappa shape index (κ2) is 12.5. The Kier molecular flexibility index (Phi) is 9.45. The molecule has 0 bridgehead atoms. The first-order valence-corrected chi connectivity index (χ1v) is 13.9. The van der Waals surface area contributed by atoms with Gasteiger partial charge in [0, 0.05) is 6.42 Å². The van der Waals surface area contributed by atoms with Gasteiger partial charge in [0.1, 0.15) is 22.5 Å². The highest BCUT2D eigenvalue weighted by molar-refractivity contribution is 8.00. The van der Waals surface area contributed by atoms with Gasteiger partial charge in [-0.15, -0.1) is 11.8 Å². The zero-order chi connectivity index (χ0) is 25.3. The van der Waals surface area contributed by atoms with Gasteiger partial charge in [-0.05, 0) is 65.6 Å². The highest BCUT2D eigenvalue weighted by Gasteiger charge is 2.19. The van der Waals surface area contributed by atoms with Crippen LogP contribution in [0.1, 0.15) is 16.7 Å².